The summed E-state index contributed by atoms with van der Waals surface area (Å²) in [5.41, 5.74) is 2.13. The van der Waals surface area contributed by atoms with Crippen molar-refractivity contribution in [3.8, 4) is 17.1 Å². The molecule has 7 heteroatoms. The lowest BCUT2D eigenvalue weighted by Crippen LogP contribution is -2.10. The molecule has 1 N–H and O–H groups in total. The number of non-ortho nitro benzene ring substituents is 1. The van der Waals surface area contributed by atoms with Gasteiger partial charge >= 0.3 is 0 Å². The third kappa shape index (κ3) is 3.56. The van der Waals surface area contributed by atoms with Crippen molar-refractivity contribution in [2.24, 2.45) is 0 Å². The molecule has 26 heavy (non-hydrogen) atoms. The number of hydrogen-bond acceptors (Lipinski definition) is 5. The van der Waals surface area contributed by atoms with Gasteiger partial charge in [0, 0.05) is 11.8 Å². The van der Waals surface area contributed by atoms with E-state index in [2.05, 4.69) is 5.32 Å². The highest BCUT2D eigenvalue weighted by Crippen LogP contribution is 2.34. The fourth-order valence-corrected chi connectivity index (χ4v) is 2.52. The van der Waals surface area contributed by atoms with Gasteiger partial charge in [-0.2, -0.15) is 0 Å². The van der Waals surface area contributed by atoms with Crippen LogP contribution in [0, 0.1) is 17.0 Å². The van der Waals surface area contributed by atoms with Gasteiger partial charge < -0.3 is 14.5 Å². The van der Waals surface area contributed by atoms with E-state index in [1.54, 1.807) is 18.2 Å². The molecule has 0 atom stereocenters. The van der Waals surface area contributed by atoms with Crippen LogP contribution in [-0.4, -0.2) is 17.9 Å². The lowest BCUT2D eigenvalue weighted by Gasteiger charge is -2.06. The predicted molar refractivity (Wildman–Crippen MR) is 96.5 cm³/mol. The van der Waals surface area contributed by atoms with E-state index in [1.165, 1.54) is 25.3 Å². The molecule has 1 amide bonds. The Bertz CT molecular complexity index is 978. The van der Waals surface area contributed by atoms with Crippen molar-refractivity contribution in [1.82, 2.24) is 0 Å². The Morgan fingerprint density at radius 2 is 1.96 bits per heavy atom. The van der Waals surface area contributed by atoms with Crippen LogP contribution < -0.4 is 10.1 Å². The van der Waals surface area contributed by atoms with Crippen LogP contribution in [0.25, 0.3) is 11.3 Å². The van der Waals surface area contributed by atoms with E-state index in [0.29, 0.717) is 22.8 Å². The second kappa shape index (κ2) is 7.10. The van der Waals surface area contributed by atoms with Gasteiger partial charge in [0.2, 0.25) is 0 Å². The van der Waals surface area contributed by atoms with E-state index in [1.807, 2.05) is 25.1 Å². The zero-order chi connectivity index (χ0) is 18.7. The van der Waals surface area contributed by atoms with Crippen molar-refractivity contribution in [1.29, 1.82) is 0 Å². The number of amides is 1. The number of carbonyl (C=O) groups excluding carboxylic acids is 1. The summed E-state index contributed by atoms with van der Waals surface area (Å²) in [5, 5.41) is 13.6. The maximum Gasteiger partial charge on any atom is 0.291 e. The number of nitro groups is 1. The minimum absolute atomic E-state index is 0.0884. The SMILES string of the molecule is COc1cc([N+](=O)[O-])ccc1-c1ccc(C(=O)Nc2cccc(C)c2)o1. The van der Waals surface area contributed by atoms with Crippen LogP contribution in [-0.2, 0) is 0 Å². The standard InChI is InChI=1S/C19H16N2O5/c1-12-4-3-5-13(10-12)20-19(22)17-9-8-16(26-17)15-7-6-14(21(23)24)11-18(15)25-2/h3-11H,1-2H3,(H,20,22). The molecule has 1 aromatic heterocycles. The first kappa shape index (κ1) is 17.2. The molecule has 3 rings (SSSR count). The summed E-state index contributed by atoms with van der Waals surface area (Å²) in [5.74, 6) is 0.412. The van der Waals surface area contributed by atoms with Crippen LogP contribution in [0.4, 0.5) is 11.4 Å². The Balaban J connectivity index is 1.85. The molecule has 0 fully saturated rings. The molecular weight excluding hydrogens is 336 g/mol. The molecule has 0 aliphatic rings. The number of rotatable bonds is 5. The molecule has 132 valence electrons. The molecule has 0 spiro atoms. The minimum Gasteiger partial charge on any atom is -0.496 e. The first-order valence-electron chi connectivity index (χ1n) is 7.78. The van der Waals surface area contributed by atoms with Gasteiger partial charge in [0.15, 0.2) is 5.76 Å². The van der Waals surface area contributed by atoms with E-state index >= 15 is 0 Å². The molecule has 1 heterocycles. The highest BCUT2D eigenvalue weighted by Gasteiger charge is 2.17. The summed E-state index contributed by atoms with van der Waals surface area (Å²) < 4.78 is 10.8. The van der Waals surface area contributed by atoms with Gasteiger partial charge in [-0.3, -0.25) is 14.9 Å². The monoisotopic (exact) mass is 352 g/mol. The lowest BCUT2D eigenvalue weighted by molar-refractivity contribution is -0.384. The normalized spacial score (nSPS) is 10.4. The number of furan rings is 1. The number of carbonyl (C=O) groups is 1. The molecule has 0 aliphatic carbocycles. The van der Waals surface area contributed by atoms with Crippen molar-refractivity contribution in [3.05, 3.63) is 76.0 Å². The molecule has 0 radical (unpaired) electrons. The topological polar surface area (TPSA) is 94.6 Å². The highest BCUT2D eigenvalue weighted by molar-refractivity contribution is 6.02. The van der Waals surface area contributed by atoms with Gasteiger partial charge in [0.05, 0.1) is 23.7 Å². The zero-order valence-electron chi connectivity index (χ0n) is 14.2. The molecule has 0 bridgehead atoms. The van der Waals surface area contributed by atoms with Crippen molar-refractivity contribution in [2.45, 2.75) is 6.92 Å². The summed E-state index contributed by atoms with van der Waals surface area (Å²) in [6.45, 7) is 1.93. The first-order valence-corrected chi connectivity index (χ1v) is 7.78. The van der Waals surface area contributed by atoms with Gasteiger partial charge in [0.1, 0.15) is 11.5 Å². The molecule has 3 aromatic rings. The number of nitro benzene ring substituents is 1. The van der Waals surface area contributed by atoms with E-state index in [4.69, 9.17) is 9.15 Å². The van der Waals surface area contributed by atoms with Crippen LogP contribution in [0.3, 0.4) is 0 Å². The number of nitrogens with one attached hydrogen (secondary N) is 1. The van der Waals surface area contributed by atoms with Crippen LogP contribution in [0.15, 0.2) is 59.0 Å². The first-order chi connectivity index (χ1) is 12.5. The Kier molecular flexibility index (Phi) is 4.70. The third-order valence-corrected chi connectivity index (χ3v) is 3.77. The fraction of sp³-hybridized carbons (Fsp3) is 0.105. The number of nitrogens with zero attached hydrogens (tertiary/aromatic N) is 1. The van der Waals surface area contributed by atoms with E-state index in [-0.39, 0.29) is 17.4 Å². The van der Waals surface area contributed by atoms with Gasteiger partial charge in [0.25, 0.3) is 11.6 Å². The Hall–Kier alpha value is -3.61. The Labute approximate surface area is 149 Å². The predicted octanol–water partition coefficient (Wildman–Crippen LogP) is 4.42. The van der Waals surface area contributed by atoms with Crippen molar-refractivity contribution < 1.29 is 18.9 Å². The molecule has 0 aliphatic heterocycles. The summed E-state index contributed by atoms with van der Waals surface area (Å²) >= 11 is 0. The largest absolute Gasteiger partial charge is 0.496 e. The van der Waals surface area contributed by atoms with Crippen LogP contribution in [0.1, 0.15) is 16.1 Å². The average Bonchev–Trinajstić information content (AvgIpc) is 3.11. The van der Waals surface area contributed by atoms with Crippen LogP contribution >= 0.6 is 0 Å². The summed E-state index contributed by atoms with van der Waals surface area (Å²) in [6, 6.07) is 14.8. The quantitative estimate of drug-likeness (QED) is 0.541. The van der Waals surface area contributed by atoms with E-state index < -0.39 is 4.92 Å². The number of ether oxygens (including phenoxy) is 1. The summed E-state index contributed by atoms with van der Waals surface area (Å²) in [6.07, 6.45) is 0. The van der Waals surface area contributed by atoms with Crippen molar-refractivity contribution >= 4 is 17.3 Å². The molecular formula is C19H16N2O5. The van der Waals surface area contributed by atoms with Gasteiger partial charge in [-0.25, -0.2) is 0 Å². The van der Waals surface area contributed by atoms with E-state index in [0.717, 1.165) is 5.56 Å². The highest BCUT2D eigenvalue weighted by atomic mass is 16.6. The van der Waals surface area contributed by atoms with Crippen LogP contribution in [0.2, 0.25) is 0 Å². The second-order valence-electron chi connectivity index (χ2n) is 5.63. The second-order valence-corrected chi connectivity index (χ2v) is 5.63. The molecule has 0 unspecified atom stereocenters. The average molecular weight is 352 g/mol. The maximum absolute atomic E-state index is 12.3. The number of methoxy groups -OCH3 is 1. The van der Waals surface area contributed by atoms with Gasteiger partial charge in [-0.05, 0) is 42.8 Å². The third-order valence-electron chi connectivity index (χ3n) is 3.77. The number of anilines is 1. The van der Waals surface area contributed by atoms with Crippen molar-refractivity contribution in [2.75, 3.05) is 12.4 Å². The molecule has 0 saturated heterocycles. The smallest absolute Gasteiger partial charge is 0.291 e. The van der Waals surface area contributed by atoms with Crippen LogP contribution in [0.5, 0.6) is 5.75 Å². The molecule has 0 saturated carbocycles. The zero-order valence-corrected chi connectivity index (χ0v) is 14.2. The minimum atomic E-state index is -0.505. The molecule has 2 aromatic carbocycles. The summed E-state index contributed by atoms with van der Waals surface area (Å²) in [4.78, 5) is 22.7. The van der Waals surface area contributed by atoms with Gasteiger partial charge in [-0.1, -0.05) is 12.1 Å². The van der Waals surface area contributed by atoms with Crippen molar-refractivity contribution in [3.63, 3.8) is 0 Å². The molecule has 7 nitrogen and oxygen atoms in total. The lowest BCUT2D eigenvalue weighted by atomic mass is 10.1. The number of benzene rings is 2. The Morgan fingerprint density at radius 3 is 2.65 bits per heavy atom. The number of aryl methyl sites for hydroxylation is 1. The number of hydrogen-bond donors (Lipinski definition) is 1. The fourth-order valence-electron chi connectivity index (χ4n) is 2.52. The Morgan fingerprint density at radius 1 is 1.15 bits per heavy atom. The summed E-state index contributed by atoms with van der Waals surface area (Å²) in [7, 11) is 1.41. The van der Waals surface area contributed by atoms with E-state index in [9.17, 15) is 14.9 Å². The van der Waals surface area contributed by atoms with Gasteiger partial charge in [-0.15, -0.1) is 0 Å². The maximum atomic E-state index is 12.3.